The Morgan fingerprint density at radius 2 is 1.30 bits per heavy atom. The molecule has 4 aromatic rings. The minimum atomic E-state index is 0.164. The molecule has 6 heteroatoms. The normalized spacial score (nSPS) is 11.7. The van der Waals surface area contributed by atoms with E-state index in [2.05, 4.69) is 49.9 Å². The van der Waals surface area contributed by atoms with Crippen LogP contribution in [0.15, 0.2) is 36.4 Å². The first-order chi connectivity index (χ1) is 9.84. The summed E-state index contributed by atoms with van der Waals surface area (Å²) in [7, 11) is 0. The molecule has 2 aromatic heterocycles. The number of fused-ring (bicyclic) bond motifs is 2. The Bertz CT molecular complexity index is 817. The predicted molar refractivity (Wildman–Crippen MR) is 75.3 cm³/mol. The molecule has 2 heterocycles. The average Bonchev–Trinajstić information content (AvgIpc) is 3.13. The van der Waals surface area contributed by atoms with Crippen LogP contribution < -0.4 is 0 Å². The van der Waals surface area contributed by atoms with E-state index in [1.807, 2.05) is 24.3 Å². The van der Waals surface area contributed by atoms with Crippen molar-refractivity contribution in [3.8, 4) is 0 Å². The third kappa shape index (κ3) is 1.51. The summed E-state index contributed by atoms with van der Waals surface area (Å²) in [5.41, 5.74) is 5.96. The number of nitrogens with zero attached hydrogens (tertiary/aromatic N) is 4. The van der Waals surface area contributed by atoms with Crippen LogP contribution in [0.25, 0.3) is 22.1 Å². The first kappa shape index (κ1) is 11.1. The molecule has 98 valence electrons. The zero-order chi connectivity index (χ0) is 13.5. The monoisotopic (exact) mass is 264 g/mol. The van der Waals surface area contributed by atoms with Crippen LogP contribution in [0.1, 0.15) is 24.0 Å². The molecule has 0 spiro atoms. The van der Waals surface area contributed by atoms with E-state index in [0.717, 1.165) is 33.2 Å². The maximum absolute atomic E-state index is 4.18. The fraction of sp³-hybridized carbons (Fsp3) is 0.143. The van der Waals surface area contributed by atoms with Crippen molar-refractivity contribution in [3.63, 3.8) is 0 Å². The Balaban J connectivity index is 1.94. The molecule has 2 aromatic carbocycles. The van der Waals surface area contributed by atoms with Crippen molar-refractivity contribution >= 4 is 22.1 Å². The van der Waals surface area contributed by atoms with Crippen LogP contribution in [0.5, 0.6) is 0 Å². The molecule has 0 bridgehead atoms. The van der Waals surface area contributed by atoms with Crippen LogP contribution in [-0.4, -0.2) is 30.8 Å². The van der Waals surface area contributed by atoms with Crippen molar-refractivity contribution in [1.82, 2.24) is 30.8 Å². The lowest BCUT2D eigenvalue weighted by Crippen LogP contribution is -1.98. The van der Waals surface area contributed by atoms with E-state index in [1.165, 1.54) is 0 Å². The minimum Gasteiger partial charge on any atom is -0.258 e. The van der Waals surface area contributed by atoms with E-state index in [9.17, 15) is 0 Å². The van der Waals surface area contributed by atoms with E-state index < -0.39 is 0 Å². The van der Waals surface area contributed by atoms with Gasteiger partial charge in [0.1, 0.15) is 11.0 Å². The van der Waals surface area contributed by atoms with Crippen LogP contribution in [-0.2, 0) is 0 Å². The summed E-state index contributed by atoms with van der Waals surface area (Å²) in [6.07, 6.45) is 0. The molecule has 4 rings (SSSR count). The molecule has 20 heavy (non-hydrogen) atoms. The van der Waals surface area contributed by atoms with Crippen molar-refractivity contribution in [2.24, 2.45) is 0 Å². The van der Waals surface area contributed by atoms with Gasteiger partial charge in [0.2, 0.25) is 0 Å². The van der Waals surface area contributed by atoms with E-state index in [-0.39, 0.29) is 5.92 Å². The van der Waals surface area contributed by atoms with Crippen LogP contribution in [0, 0.1) is 0 Å². The van der Waals surface area contributed by atoms with Gasteiger partial charge in [-0.2, -0.15) is 0 Å². The van der Waals surface area contributed by atoms with Crippen molar-refractivity contribution in [2.45, 2.75) is 12.8 Å². The summed E-state index contributed by atoms with van der Waals surface area (Å²) in [6.45, 7) is 2.15. The molecule has 0 saturated heterocycles. The molecule has 0 fully saturated rings. The second-order valence-corrected chi connectivity index (χ2v) is 4.83. The van der Waals surface area contributed by atoms with Crippen molar-refractivity contribution < 1.29 is 0 Å². The third-order valence-electron chi connectivity index (χ3n) is 3.71. The number of aromatic nitrogens is 6. The lowest BCUT2D eigenvalue weighted by Gasteiger charge is -2.12. The van der Waals surface area contributed by atoms with E-state index in [1.54, 1.807) is 0 Å². The molecule has 0 aliphatic heterocycles. The van der Waals surface area contributed by atoms with Gasteiger partial charge in [-0.05, 0) is 23.3 Å². The zero-order valence-corrected chi connectivity index (χ0v) is 10.8. The molecule has 0 saturated carbocycles. The first-order valence-electron chi connectivity index (χ1n) is 6.44. The standard InChI is InChI=1S/C14H12N6/c1-8(9-4-2-6-11-13(9)17-19-15-11)10-5-3-7-12-14(10)18-20-16-12/h2-8H,1H3,(H,15,17,19)(H,16,18,20). The number of nitrogens with one attached hydrogen (secondary N) is 2. The second-order valence-electron chi connectivity index (χ2n) is 4.83. The number of rotatable bonds is 2. The molecule has 0 aliphatic carbocycles. The molecule has 0 unspecified atom stereocenters. The topological polar surface area (TPSA) is 83.1 Å². The first-order valence-corrected chi connectivity index (χ1v) is 6.44. The Labute approximate surface area is 114 Å². The average molecular weight is 264 g/mol. The highest BCUT2D eigenvalue weighted by Gasteiger charge is 2.17. The largest absolute Gasteiger partial charge is 0.258 e. The Hall–Kier alpha value is -2.76. The van der Waals surface area contributed by atoms with Gasteiger partial charge in [-0.25, -0.2) is 0 Å². The summed E-state index contributed by atoms with van der Waals surface area (Å²) >= 11 is 0. The van der Waals surface area contributed by atoms with Crippen LogP contribution in [0.2, 0.25) is 0 Å². The third-order valence-corrected chi connectivity index (χ3v) is 3.71. The maximum Gasteiger partial charge on any atom is 0.116 e. The Morgan fingerprint density at radius 3 is 1.80 bits per heavy atom. The smallest absolute Gasteiger partial charge is 0.116 e. The van der Waals surface area contributed by atoms with Gasteiger partial charge in [-0.15, -0.1) is 10.2 Å². The molecule has 0 amide bonds. The highest BCUT2D eigenvalue weighted by molar-refractivity contribution is 5.82. The molecule has 2 N–H and O–H groups in total. The van der Waals surface area contributed by atoms with Gasteiger partial charge in [0.25, 0.3) is 0 Å². The van der Waals surface area contributed by atoms with Crippen molar-refractivity contribution in [3.05, 3.63) is 47.5 Å². The second kappa shape index (κ2) is 4.12. The maximum atomic E-state index is 4.18. The van der Waals surface area contributed by atoms with Crippen LogP contribution >= 0.6 is 0 Å². The number of H-pyrrole nitrogens is 2. The summed E-state index contributed by atoms with van der Waals surface area (Å²) in [4.78, 5) is 0. The van der Waals surface area contributed by atoms with Gasteiger partial charge in [-0.3, -0.25) is 10.2 Å². The molecule has 6 nitrogen and oxygen atoms in total. The summed E-state index contributed by atoms with van der Waals surface area (Å²) in [5.74, 6) is 0.164. The molecule has 0 atom stereocenters. The van der Waals surface area contributed by atoms with E-state index >= 15 is 0 Å². The molecular formula is C14H12N6. The summed E-state index contributed by atoms with van der Waals surface area (Å²) in [6, 6.07) is 12.1. The van der Waals surface area contributed by atoms with Crippen LogP contribution in [0.3, 0.4) is 0 Å². The lowest BCUT2D eigenvalue weighted by molar-refractivity contribution is 0.914. The molecule has 0 aliphatic rings. The number of aromatic amines is 2. The van der Waals surface area contributed by atoms with Gasteiger partial charge in [0.15, 0.2) is 0 Å². The number of hydrogen-bond donors (Lipinski definition) is 2. The van der Waals surface area contributed by atoms with Crippen molar-refractivity contribution in [2.75, 3.05) is 0 Å². The fourth-order valence-electron chi connectivity index (χ4n) is 2.65. The van der Waals surface area contributed by atoms with E-state index in [4.69, 9.17) is 0 Å². The van der Waals surface area contributed by atoms with Gasteiger partial charge >= 0.3 is 0 Å². The summed E-state index contributed by atoms with van der Waals surface area (Å²) < 4.78 is 0. The molecule has 0 radical (unpaired) electrons. The number of hydrogen-bond acceptors (Lipinski definition) is 4. The Morgan fingerprint density at radius 1 is 0.800 bits per heavy atom. The zero-order valence-electron chi connectivity index (χ0n) is 10.8. The van der Waals surface area contributed by atoms with Crippen LogP contribution in [0.4, 0.5) is 0 Å². The SMILES string of the molecule is CC(c1cccc2[nH]nnc12)c1cccc2[nH]nnc12. The summed E-state index contributed by atoms with van der Waals surface area (Å²) in [5, 5.41) is 21.9. The highest BCUT2D eigenvalue weighted by atomic mass is 15.3. The van der Waals surface area contributed by atoms with E-state index in [0.29, 0.717) is 0 Å². The number of benzene rings is 2. The van der Waals surface area contributed by atoms with Gasteiger partial charge in [-0.1, -0.05) is 41.6 Å². The molecular weight excluding hydrogens is 252 g/mol. The van der Waals surface area contributed by atoms with Crippen molar-refractivity contribution in [1.29, 1.82) is 0 Å². The lowest BCUT2D eigenvalue weighted by atomic mass is 9.91. The van der Waals surface area contributed by atoms with Gasteiger partial charge in [0, 0.05) is 5.92 Å². The Kier molecular flexibility index (Phi) is 2.29. The highest BCUT2D eigenvalue weighted by Crippen LogP contribution is 2.31. The van der Waals surface area contributed by atoms with Gasteiger partial charge < -0.3 is 0 Å². The quantitative estimate of drug-likeness (QED) is 0.582. The minimum absolute atomic E-state index is 0.164. The van der Waals surface area contributed by atoms with Gasteiger partial charge in [0.05, 0.1) is 11.0 Å². The predicted octanol–water partition coefficient (Wildman–Crippen LogP) is 2.38. The fourth-order valence-corrected chi connectivity index (χ4v) is 2.65.